The van der Waals surface area contributed by atoms with Gasteiger partial charge in [-0.25, -0.2) is 0 Å². The molecular weight excluding hydrogens is 444 g/mol. The van der Waals surface area contributed by atoms with Gasteiger partial charge in [0.1, 0.15) is 18.7 Å². The van der Waals surface area contributed by atoms with Gasteiger partial charge < -0.3 is 28.5 Å². The van der Waals surface area contributed by atoms with Crippen LogP contribution in [0.5, 0.6) is 0 Å². The molecule has 0 aliphatic carbocycles. The van der Waals surface area contributed by atoms with E-state index in [2.05, 4.69) is 33.9 Å². The molecule has 0 unspecified atom stereocenters. The van der Waals surface area contributed by atoms with E-state index >= 15 is 0 Å². The molecule has 0 saturated carbocycles. The Bertz CT molecular complexity index is 657. The standard InChI is InChI=1S/C24H46O8Si/c1-15(13-31-33(10,11)23(3,4)5)19(26)16(2)17(25)12-18(29-9)20-21(30-14-28-8)24(6,7)22(27)32-20/h15-18,20-21,25H,12-14H2,1-11H3/t15-,16-,17-,18+,20-,21+/m1/s1. The average Bonchev–Trinajstić information content (AvgIpc) is 2.94. The van der Waals surface area contributed by atoms with Crippen molar-refractivity contribution in [2.24, 2.45) is 17.3 Å². The van der Waals surface area contributed by atoms with E-state index in [0.29, 0.717) is 6.61 Å². The summed E-state index contributed by atoms with van der Waals surface area (Å²) < 4.78 is 28.1. The lowest BCUT2D eigenvalue weighted by molar-refractivity contribution is -0.156. The van der Waals surface area contributed by atoms with E-state index in [-0.39, 0.29) is 30.0 Å². The van der Waals surface area contributed by atoms with Gasteiger partial charge in [-0.2, -0.15) is 0 Å². The molecule has 1 saturated heterocycles. The molecule has 1 rings (SSSR count). The molecule has 1 aliphatic heterocycles. The van der Waals surface area contributed by atoms with Crippen LogP contribution in [-0.4, -0.2) is 77.2 Å². The third-order valence-electron chi connectivity index (χ3n) is 7.30. The van der Waals surface area contributed by atoms with Crippen molar-refractivity contribution in [1.29, 1.82) is 0 Å². The molecule has 6 atom stereocenters. The smallest absolute Gasteiger partial charge is 0.314 e. The summed E-state index contributed by atoms with van der Waals surface area (Å²) in [5.74, 6) is -1.42. The highest BCUT2D eigenvalue weighted by molar-refractivity contribution is 6.74. The van der Waals surface area contributed by atoms with Gasteiger partial charge in [-0.05, 0) is 32.0 Å². The van der Waals surface area contributed by atoms with Gasteiger partial charge in [-0.3, -0.25) is 9.59 Å². The molecule has 1 aliphatic rings. The normalized spacial score (nSPS) is 24.8. The van der Waals surface area contributed by atoms with E-state index in [1.807, 2.05) is 6.92 Å². The van der Waals surface area contributed by atoms with E-state index in [9.17, 15) is 14.7 Å². The molecule has 0 amide bonds. The van der Waals surface area contributed by atoms with Gasteiger partial charge in [0.2, 0.25) is 0 Å². The first kappa shape index (κ1) is 30.2. The third kappa shape index (κ3) is 7.32. The second-order valence-corrected chi connectivity index (χ2v) is 16.1. The molecule has 9 heteroatoms. The molecule has 1 heterocycles. The molecule has 0 aromatic carbocycles. The topological polar surface area (TPSA) is 101 Å². The number of aliphatic hydroxyl groups is 1. The summed E-state index contributed by atoms with van der Waals surface area (Å²) in [4.78, 5) is 25.4. The molecule has 0 aromatic heterocycles. The molecule has 0 spiro atoms. The second-order valence-electron chi connectivity index (χ2n) is 11.3. The summed E-state index contributed by atoms with van der Waals surface area (Å²) in [5.41, 5.74) is -0.887. The molecule has 0 radical (unpaired) electrons. The summed E-state index contributed by atoms with van der Waals surface area (Å²) in [6.07, 6.45) is -2.81. The quantitative estimate of drug-likeness (QED) is 0.238. The average molecular weight is 491 g/mol. The van der Waals surface area contributed by atoms with E-state index in [1.54, 1.807) is 20.8 Å². The molecule has 0 bridgehead atoms. The van der Waals surface area contributed by atoms with Gasteiger partial charge in [-0.15, -0.1) is 0 Å². The van der Waals surface area contributed by atoms with E-state index in [4.69, 9.17) is 23.4 Å². The van der Waals surface area contributed by atoms with Crippen molar-refractivity contribution >= 4 is 20.1 Å². The molecular formula is C24H46O8Si. The molecule has 0 aromatic rings. The Morgan fingerprint density at radius 2 is 1.79 bits per heavy atom. The van der Waals surface area contributed by atoms with Crippen molar-refractivity contribution in [3.05, 3.63) is 0 Å². The van der Waals surface area contributed by atoms with Crippen LogP contribution < -0.4 is 0 Å². The number of cyclic esters (lactones) is 1. The Morgan fingerprint density at radius 1 is 1.21 bits per heavy atom. The maximum absolute atomic E-state index is 13.0. The highest BCUT2D eigenvalue weighted by Gasteiger charge is 2.55. The number of ether oxygens (including phenoxy) is 4. The van der Waals surface area contributed by atoms with Gasteiger partial charge in [0.25, 0.3) is 0 Å². The predicted octanol–water partition coefficient (Wildman–Crippen LogP) is 3.56. The molecule has 1 N–H and O–H groups in total. The number of carbonyl (C=O) groups excluding carboxylic acids is 2. The Kier molecular flexibility index (Phi) is 10.7. The Labute approximate surface area is 200 Å². The number of Topliss-reactive ketones (excluding diaryl/α,β-unsaturated/α-hetero) is 1. The maximum Gasteiger partial charge on any atom is 0.314 e. The molecule has 8 nitrogen and oxygen atoms in total. The first-order chi connectivity index (χ1) is 15.0. The first-order valence-electron chi connectivity index (χ1n) is 11.7. The third-order valence-corrected chi connectivity index (χ3v) is 11.8. The highest BCUT2D eigenvalue weighted by atomic mass is 28.4. The minimum Gasteiger partial charge on any atom is -0.456 e. The molecule has 194 valence electrons. The fourth-order valence-corrected chi connectivity index (χ4v) is 4.76. The van der Waals surface area contributed by atoms with Crippen LogP contribution in [-0.2, 0) is 33.0 Å². The van der Waals surface area contributed by atoms with Crippen LogP contribution in [0.3, 0.4) is 0 Å². The summed E-state index contributed by atoms with van der Waals surface area (Å²) in [6, 6.07) is 0. The van der Waals surface area contributed by atoms with Crippen LogP contribution in [0.25, 0.3) is 0 Å². The SMILES string of the molecule is COCO[C@H]1[C@@H]([C@H](C[C@@H](O)[C@@H](C)C(=O)[C@H](C)CO[Si](C)(C)C(C)(C)C)OC)OC(=O)C1(C)C. The van der Waals surface area contributed by atoms with Crippen LogP contribution in [0.4, 0.5) is 0 Å². The van der Waals surface area contributed by atoms with Crippen molar-refractivity contribution in [3.63, 3.8) is 0 Å². The minimum atomic E-state index is -1.97. The van der Waals surface area contributed by atoms with Crippen LogP contribution >= 0.6 is 0 Å². The molecule has 33 heavy (non-hydrogen) atoms. The Hall–Kier alpha value is -0.843. The number of hydrogen-bond donors (Lipinski definition) is 1. The number of methoxy groups -OCH3 is 2. The van der Waals surface area contributed by atoms with Gasteiger partial charge in [0, 0.05) is 39.1 Å². The van der Waals surface area contributed by atoms with Gasteiger partial charge in [-0.1, -0.05) is 34.6 Å². The van der Waals surface area contributed by atoms with Gasteiger partial charge >= 0.3 is 5.97 Å². The van der Waals surface area contributed by atoms with Gasteiger partial charge in [0.15, 0.2) is 14.4 Å². The van der Waals surface area contributed by atoms with Crippen LogP contribution in [0.15, 0.2) is 0 Å². The summed E-state index contributed by atoms with van der Waals surface area (Å²) in [6.45, 7) is 18.1. The largest absolute Gasteiger partial charge is 0.456 e. The number of esters is 1. The zero-order valence-corrected chi connectivity index (χ0v) is 23.4. The van der Waals surface area contributed by atoms with Crippen molar-refractivity contribution in [2.75, 3.05) is 27.6 Å². The summed E-state index contributed by atoms with van der Waals surface area (Å²) >= 11 is 0. The first-order valence-corrected chi connectivity index (χ1v) is 14.6. The number of carbonyl (C=O) groups is 2. The predicted molar refractivity (Wildman–Crippen MR) is 128 cm³/mol. The summed E-state index contributed by atoms with van der Waals surface area (Å²) in [7, 11) is 1.02. The lowest BCUT2D eigenvalue weighted by Crippen LogP contribution is -2.46. The number of aliphatic hydroxyl groups excluding tert-OH is 1. The fourth-order valence-electron chi connectivity index (χ4n) is 3.66. The van der Waals surface area contributed by atoms with Crippen LogP contribution in [0, 0.1) is 17.3 Å². The Morgan fingerprint density at radius 3 is 2.27 bits per heavy atom. The minimum absolute atomic E-state index is 0.000849. The number of ketones is 1. The van der Waals surface area contributed by atoms with Crippen molar-refractivity contribution in [3.8, 4) is 0 Å². The van der Waals surface area contributed by atoms with E-state index in [1.165, 1.54) is 14.2 Å². The summed E-state index contributed by atoms with van der Waals surface area (Å²) in [5, 5.41) is 10.9. The molecule has 1 fully saturated rings. The zero-order chi connectivity index (χ0) is 25.8. The fraction of sp³-hybridized carbons (Fsp3) is 0.917. The van der Waals surface area contributed by atoms with Crippen molar-refractivity contribution in [1.82, 2.24) is 0 Å². The lowest BCUT2D eigenvalue weighted by atomic mass is 9.82. The second kappa shape index (κ2) is 11.7. The van der Waals surface area contributed by atoms with Crippen LogP contribution in [0.2, 0.25) is 18.1 Å². The Balaban J connectivity index is 2.82. The van der Waals surface area contributed by atoms with Crippen LogP contribution in [0.1, 0.15) is 54.9 Å². The van der Waals surface area contributed by atoms with Gasteiger partial charge in [0.05, 0.1) is 17.6 Å². The number of rotatable bonds is 13. The lowest BCUT2D eigenvalue weighted by Gasteiger charge is -2.37. The highest BCUT2D eigenvalue weighted by Crippen LogP contribution is 2.39. The van der Waals surface area contributed by atoms with Crippen molar-refractivity contribution < 1.29 is 38.1 Å². The zero-order valence-electron chi connectivity index (χ0n) is 22.4. The van der Waals surface area contributed by atoms with E-state index in [0.717, 1.165) is 0 Å². The van der Waals surface area contributed by atoms with E-state index < -0.39 is 50.0 Å². The monoisotopic (exact) mass is 490 g/mol. The number of hydrogen-bond acceptors (Lipinski definition) is 8. The maximum atomic E-state index is 13.0. The van der Waals surface area contributed by atoms with Crippen molar-refractivity contribution in [2.45, 2.75) is 97.4 Å².